The topological polar surface area (TPSA) is 94.3 Å². The summed E-state index contributed by atoms with van der Waals surface area (Å²) in [7, 11) is 0. The lowest BCUT2D eigenvalue weighted by Crippen LogP contribution is -2.13. The molecule has 3 N–H and O–H groups in total. The molecule has 0 radical (unpaired) electrons. The number of aromatic nitrogens is 3. The Bertz CT molecular complexity index is 512. The van der Waals surface area contributed by atoms with E-state index in [1.165, 1.54) is 10.9 Å². The van der Waals surface area contributed by atoms with Crippen LogP contribution in [-0.2, 0) is 0 Å². The Balaban J connectivity index is 2.02. The van der Waals surface area contributed by atoms with Crippen molar-refractivity contribution in [1.29, 1.82) is 0 Å². The van der Waals surface area contributed by atoms with Crippen LogP contribution in [0.3, 0.4) is 0 Å². The molecule has 2 heterocycles. The van der Waals surface area contributed by atoms with E-state index in [0.717, 1.165) is 5.76 Å². The van der Waals surface area contributed by atoms with Crippen LogP contribution in [0.1, 0.15) is 17.3 Å². The summed E-state index contributed by atoms with van der Waals surface area (Å²) in [6.45, 7) is 3.61. The van der Waals surface area contributed by atoms with Crippen LogP contribution >= 0.6 is 0 Å². The zero-order valence-corrected chi connectivity index (χ0v) is 9.01. The summed E-state index contributed by atoms with van der Waals surface area (Å²) in [6, 6.07) is 3.68. The van der Waals surface area contributed by atoms with Gasteiger partial charge in [0, 0.05) is 0 Å². The smallest absolute Gasteiger partial charge is 0.263 e. The SMILES string of the molecule is Cc1ccc(/C=N\Nc2nnc(C)n2N)o1. The third-order valence-corrected chi connectivity index (χ3v) is 1.98. The van der Waals surface area contributed by atoms with Crippen LogP contribution in [0.4, 0.5) is 5.95 Å². The molecule has 0 spiro atoms. The molecule has 2 rings (SSSR count). The predicted molar refractivity (Wildman–Crippen MR) is 59.6 cm³/mol. The van der Waals surface area contributed by atoms with Crippen LogP contribution in [0.5, 0.6) is 0 Å². The Morgan fingerprint density at radius 3 is 2.81 bits per heavy atom. The summed E-state index contributed by atoms with van der Waals surface area (Å²) in [4.78, 5) is 0. The summed E-state index contributed by atoms with van der Waals surface area (Å²) in [5, 5.41) is 11.5. The van der Waals surface area contributed by atoms with Crippen molar-refractivity contribution >= 4 is 12.2 Å². The first-order valence-corrected chi connectivity index (χ1v) is 4.69. The van der Waals surface area contributed by atoms with Crippen LogP contribution in [-0.4, -0.2) is 21.1 Å². The molecular formula is C9H12N6O. The van der Waals surface area contributed by atoms with E-state index in [1.54, 1.807) is 6.92 Å². The minimum Gasteiger partial charge on any atom is -0.460 e. The number of furan rings is 1. The fourth-order valence-corrected chi connectivity index (χ4v) is 1.12. The van der Waals surface area contributed by atoms with E-state index in [1.807, 2.05) is 19.1 Å². The average molecular weight is 220 g/mol. The van der Waals surface area contributed by atoms with Gasteiger partial charge in [-0.25, -0.2) is 10.1 Å². The molecule has 16 heavy (non-hydrogen) atoms. The Morgan fingerprint density at radius 2 is 2.25 bits per heavy atom. The maximum atomic E-state index is 5.62. The third kappa shape index (κ3) is 2.02. The molecule has 0 aliphatic carbocycles. The van der Waals surface area contributed by atoms with Gasteiger partial charge in [-0.1, -0.05) is 0 Å². The van der Waals surface area contributed by atoms with Gasteiger partial charge in [0.2, 0.25) is 0 Å². The van der Waals surface area contributed by atoms with Crippen molar-refractivity contribution in [2.45, 2.75) is 13.8 Å². The molecule has 7 heteroatoms. The number of nitrogens with one attached hydrogen (secondary N) is 1. The molecule has 0 aromatic carbocycles. The van der Waals surface area contributed by atoms with E-state index < -0.39 is 0 Å². The van der Waals surface area contributed by atoms with Crippen molar-refractivity contribution in [3.8, 4) is 0 Å². The second-order valence-corrected chi connectivity index (χ2v) is 3.26. The van der Waals surface area contributed by atoms with E-state index in [0.29, 0.717) is 17.5 Å². The van der Waals surface area contributed by atoms with Gasteiger partial charge in [0.1, 0.15) is 11.5 Å². The summed E-state index contributed by atoms with van der Waals surface area (Å²) in [5.74, 6) is 8.08. The fourth-order valence-electron chi connectivity index (χ4n) is 1.12. The molecule has 0 saturated heterocycles. The molecule has 0 fully saturated rings. The third-order valence-electron chi connectivity index (χ3n) is 1.98. The van der Waals surface area contributed by atoms with E-state index in [4.69, 9.17) is 10.3 Å². The largest absolute Gasteiger partial charge is 0.460 e. The first-order valence-electron chi connectivity index (χ1n) is 4.69. The highest BCUT2D eigenvalue weighted by Gasteiger charge is 2.02. The second-order valence-electron chi connectivity index (χ2n) is 3.26. The Hall–Kier alpha value is -2.31. The minimum atomic E-state index is 0.372. The van der Waals surface area contributed by atoms with E-state index in [-0.39, 0.29) is 0 Å². The Morgan fingerprint density at radius 1 is 1.44 bits per heavy atom. The quantitative estimate of drug-likeness (QED) is 0.450. The number of nitrogens with two attached hydrogens (primary N) is 1. The minimum absolute atomic E-state index is 0.372. The van der Waals surface area contributed by atoms with Crippen LogP contribution < -0.4 is 11.3 Å². The maximum absolute atomic E-state index is 5.62. The van der Waals surface area contributed by atoms with Gasteiger partial charge in [-0.3, -0.25) is 0 Å². The molecule has 0 amide bonds. The lowest BCUT2D eigenvalue weighted by atomic mass is 10.4. The number of hydrogen-bond donors (Lipinski definition) is 2. The molecule has 2 aromatic rings. The number of nitrogen functional groups attached to an aromatic ring is 1. The highest BCUT2D eigenvalue weighted by atomic mass is 16.3. The van der Waals surface area contributed by atoms with Gasteiger partial charge in [-0.2, -0.15) is 5.10 Å². The van der Waals surface area contributed by atoms with E-state index in [2.05, 4.69) is 20.7 Å². The lowest BCUT2D eigenvalue weighted by Gasteiger charge is -1.98. The first kappa shape index (κ1) is 10.2. The zero-order valence-electron chi connectivity index (χ0n) is 9.01. The maximum Gasteiger partial charge on any atom is 0.263 e. The number of hydrogen-bond acceptors (Lipinski definition) is 6. The van der Waals surface area contributed by atoms with Gasteiger partial charge in [0.25, 0.3) is 5.95 Å². The molecule has 7 nitrogen and oxygen atoms in total. The van der Waals surface area contributed by atoms with Crippen molar-refractivity contribution in [3.05, 3.63) is 29.5 Å². The van der Waals surface area contributed by atoms with E-state index >= 15 is 0 Å². The average Bonchev–Trinajstić information content (AvgIpc) is 2.79. The number of aryl methyl sites for hydroxylation is 2. The summed E-state index contributed by atoms with van der Waals surface area (Å²) in [6.07, 6.45) is 1.54. The van der Waals surface area contributed by atoms with Crippen molar-refractivity contribution < 1.29 is 4.42 Å². The number of rotatable bonds is 3. The molecule has 0 unspecified atom stereocenters. The summed E-state index contributed by atoms with van der Waals surface area (Å²) >= 11 is 0. The molecule has 0 aliphatic heterocycles. The van der Waals surface area contributed by atoms with Crippen molar-refractivity contribution in [1.82, 2.24) is 14.9 Å². The normalized spacial score (nSPS) is 11.1. The monoisotopic (exact) mass is 220 g/mol. The molecule has 0 aliphatic rings. The van der Waals surface area contributed by atoms with Crippen LogP contribution in [0.25, 0.3) is 0 Å². The Kier molecular flexibility index (Phi) is 2.59. The molecule has 0 atom stereocenters. The molecular weight excluding hydrogens is 208 g/mol. The summed E-state index contributed by atoms with van der Waals surface area (Å²) in [5.41, 5.74) is 2.67. The van der Waals surface area contributed by atoms with E-state index in [9.17, 15) is 0 Å². The van der Waals surface area contributed by atoms with Crippen LogP contribution in [0.15, 0.2) is 21.7 Å². The first-order chi connectivity index (χ1) is 7.66. The summed E-state index contributed by atoms with van der Waals surface area (Å²) < 4.78 is 6.60. The lowest BCUT2D eigenvalue weighted by molar-refractivity contribution is 0.528. The van der Waals surface area contributed by atoms with Gasteiger partial charge in [-0.15, -0.1) is 10.2 Å². The number of hydrazone groups is 1. The van der Waals surface area contributed by atoms with Gasteiger partial charge in [0.15, 0.2) is 5.82 Å². The van der Waals surface area contributed by atoms with Gasteiger partial charge in [0.05, 0.1) is 6.21 Å². The van der Waals surface area contributed by atoms with Crippen molar-refractivity contribution in [2.24, 2.45) is 5.10 Å². The fraction of sp³-hybridized carbons (Fsp3) is 0.222. The Labute approximate surface area is 91.9 Å². The molecule has 0 saturated carbocycles. The van der Waals surface area contributed by atoms with Crippen LogP contribution in [0, 0.1) is 13.8 Å². The highest BCUT2D eigenvalue weighted by Crippen LogP contribution is 2.04. The highest BCUT2D eigenvalue weighted by molar-refractivity contribution is 5.76. The van der Waals surface area contributed by atoms with Gasteiger partial charge < -0.3 is 10.3 Å². The molecule has 0 bridgehead atoms. The standard InChI is InChI=1S/C9H12N6O/c1-6-3-4-8(16-6)5-11-13-9-14-12-7(2)15(9)10/h3-5H,10H2,1-2H3,(H,13,14)/b11-5-. The number of anilines is 1. The predicted octanol–water partition coefficient (Wildman–Crippen LogP) is 0.648. The van der Waals surface area contributed by atoms with Crippen molar-refractivity contribution in [2.75, 3.05) is 11.3 Å². The molecule has 2 aromatic heterocycles. The van der Waals surface area contributed by atoms with Crippen molar-refractivity contribution in [3.63, 3.8) is 0 Å². The van der Waals surface area contributed by atoms with Gasteiger partial charge in [-0.05, 0) is 26.0 Å². The van der Waals surface area contributed by atoms with Crippen LogP contribution in [0.2, 0.25) is 0 Å². The zero-order chi connectivity index (χ0) is 11.5. The number of nitrogens with zero attached hydrogens (tertiary/aromatic N) is 4. The second kappa shape index (κ2) is 4.05. The molecule has 84 valence electrons. The van der Waals surface area contributed by atoms with Gasteiger partial charge >= 0.3 is 0 Å².